The first-order chi connectivity index (χ1) is 17.6. The van der Waals surface area contributed by atoms with E-state index >= 15 is 0 Å². The summed E-state index contributed by atoms with van der Waals surface area (Å²) in [6, 6.07) is 15.5. The van der Waals surface area contributed by atoms with Crippen LogP contribution in [0.5, 0.6) is 6.01 Å². The monoisotopic (exact) mass is 521 g/mol. The van der Waals surface area contributed by atoms with Gasteiger partial charge >= 0.3 is 6.01 Å². The molecular weight excluding hydrogens is 486 g/mol. The molecule has 0 radical (unpaired) electrons. The number of aliphatic hydroxyl groups excluding tert-OH is 1. The van der Waals surface area contributed by atoms with Crippen molar-refractivity contribution < 1.29 is 14.6 Å². The van der Waals surface area contributed by atoms with Gasteiger partial charge in [0.1, 0.15) is 5.78 Å². The topological polar surface area (TPSA) is 85.2 Å². The van der Waals surface area contributed by atoms with Crippen molar-refractivity contribution in [3.8, 4) is 28.8 Å². The number of hydrogen-bond donors (Lipinski definition) is 1. The van der Waals surface area contributed by atoms with Crippen LogP contribution in [0.4, 0.5) is 0 Å². The number of rotatable bonds is 8. The van der Waals surface area contributed by atoms with E-state index in [1.807, 2.05) is 48.5 Å². The Labute approximate surface area is 224 Å². The summed E-state index contributed by atoms with van der Waals surface area (Å²) in [6.07, 6.45) is 4.39. The third-order valence-electron chi connectivity index (χ3n) is 7.80. The average molecular weight is 522 g/mol. The summed E-state index contributed by atoms with van der Waals surface area (Å²) in [5.41, 5.74) is 2.07. The summed E-state index contributed by atoms with van der Waals surface area (Å²) in [7, 11) is 1.52. The molecule has 1 aliphatic rings. The molecule has 1 heterocycles. The molecule has 1 fully saturated rings. The summed E-state index contributed by atoms with van der Waals surface area (Å²) in [6.45, 7) is 6.69. The lowest BCUT2D eigenvalue weighted by molar-refractivity contribution is -0.134. The van der Waals surface area contributed by atoms with Gasteiger partial charge in [-0.3, -0.25) is 4.79 Å². The zero-order valence-corrected chi connectivity index (χ0v) is 22.9. The number of hydrogen-bond acceptors (Lipinski definition) is 6. The Balaban J connectivity index is 1.53. The highest BCUT2D eigenvalue weighted by Crippen LogP contribution is 2.46. The van der Waals surface area contributed by atoms with E-state index < -0.39 is 5.41 Å². The van der Waals surface area contributed by atoms with E-state index in [1.54, 1.807) is 0 Å². The van der Waals surface area contributed by atoms with Crippen molar-refractivity contribution in [1.82, 2.24) is 15.0 Å². The van der Waals surface area contributed by atoms with E-state index in [2.05, 4.69) is 35.7 Å². The van der Waals surface area contributed by atoms with Gasteiger partial charge < -0.3 is 9.84 Å². The van der Waals surface area contributed by atoms with Crippen LogP contribution in [0.2, 0.25) is 5.02 Å². The Morgan fingerprint density at radius 1 is 1.05 bits per heavy atom. The maximum Gasteiger partial charge on any atom is 0.320 e. The number of methoxy groups -OCH3 is 1. The zero-order chi connectivity index (χ0) is 26.6. The second kappa shape index (κ2) is 11.3. The molecule has 2 aromatic carbocycles. The third kappa shape index (κ3) is 6.19. The number of benzene rings is 2. The smallest absolute Gasteiger partial charge is 0.320 e. The number of carbonyl (C=O) groups is 1. The largest absolute Gasteiger partial charge is 0.467 e. The number of aryl methyl sites for hydroxylation is 1. The van der Waals surface area contributed by atoms with E-state index in [0.717, 1.165) is 36.8 Å². The molecule has 7 heteroatoms. The first-order valence-electron chi connectivity index (χ1n) is 12.9. The first-order valence-corrected chi connectivity index (χ1v) is 13.3. The Kier molecular flexibility index (Phi) is 8.29. The van der Waals surface area contributed by atoms with E-state index in [0.29, 0.717) is 41.0 Å². The molecule has 1 saturated carbocycles. The number of ketones is 1. The zero-order valence-electron chi connectivity index (χ0n) is 22.1. The molecule has 1 aromatic heterocycles. The molecule has 6 nitrogen and oxygen atoms in total. The van der Waals surface area contributed by atoms with Crippen molar-refractivity contribution in [3.05, 3.63) is 59.1 Å². The second-order valence-corrected chi connectivity index (χ2v) is 11.6. The van der Waals surface area contributed by atoms with Gasteiger partial charge in [0.15, 0.2) is 11.6 Å². The molecular formula is C30H36ClN3O3. The number of aromatic nitrogens is 3. The molecule has 0 spiro atoms. The van der Waals surface area contributed by atoms with Crippen LogP contribution in [0.25, 0.3) is 22.8 Å². The minimum absolute atomic E-state index is 0.0819. The van der Waals surface area contributed by atoms with Crippen LogP contribution < -0.4 is 4.74 Å². The molecule has 1 N–H and O–H groups in total. The highest BCUT2D eigenvalue weighted by atomic mass is 35.5. The molecule has 0 amide bonds. The van der Waals surface area contributed by atoms with Gasteiger partial charge in [0, 0.05) is 17.5 Å². The number of carbonyl (C=O) groups excluding carboxylic acids is 1. The van der Waals surface area contributed by atoms with E-state index in [-0.39, 0.29) is 23.8 Å². The summed E-state index contributed by atoms with van der Waals surface area (Å²) in [5, 5.41) is 10.7. The van der Waals surface area contributed by atoms with Crippen LogP contribution in [0.15, 0.2) is 48.5 Å². The number of aliphatic hydroxyl groups is 1. The number of halogens is 1. The molecule has 196 valence electrons. The maximum absolute atomic E-state index is 13.4. The van der Waals surface area contributed by atoms with Crippen molar-refractivity contribution in [2.75, 3.05) is 13.7 Å². The number of nitrogens with zero attached hydrogens (tertiary/aromatic N) is 3. The normalized spacial score (nSPS) is 20.0. The molecule has 0 aliphatic heterocycles. The Hall–Kier alpha value is -2.83. The molecule has 0 unspecified atom stereocenters. The molecule has 4 rings (SSSR count). The van der Waals surface area contributed by atoms with Gasteiger partial charge in [-0.05, 0) is 61.1 Å². The van der Waals surface area contributed by atoms with Gasteiger partial charge in [-0.25, -0.2) is 4.98 Å². The fraction of sp³-hybridized carbons (Fsp3) is 0.467. The minimum Gasteiger partial charge on any atom is -0.467 e. The Morgan fingerprint density at radius 3 is 2.35 bits per heavy atom. The number of Topliss-reactive ketones (excluding diaryl/α,β-unsaturated/α-hetero) is 1. The summed E-state index contributed by atoms with van der Waals surface area (Å²) < 4.78 is 5.33. The Morgan fingerprint density at radius 2 is 1.73 bits per heavy atom. The van der Waals surface area contributed by atoms with E-state index in [4.69, 9.17) is 16.3 Å². The summed E-state index contributed by atoms with van der Waals surface area (Å²) in [4.78, 5) is 26.8. The van der Waals surface area contributed by atoms with Gasteiger partial charge in [0.2, 0.25) is 0 Å². The van der Waals surface area contributed by atoms with Crippen molar-refractivity contribution in [3.63, 3.8) is 0 Å². The quantitative estimate of drug-likeness (QED) is 0.360. The summed E-state index contributed by atoms with van der Waals surface area (Å²) >= 11 is 6.56. The minimum atomic E-state index is -0.622. The lowest BCUT2D eigenvalue weighted by Gasteiger charge is -2.42. The van der Waals surface area contributed by atoms with Crippen LogP contribution >= 0.6 is 11.6 Å². The molecule has 37 heavy (non-hydrogen) atoms. The second-order valence-electron chi connectivity index (χ2n) is 11.2. The molecule has 1 aliphatic carbocycles. The van der Waals surface area contributed by atoms with Crippen molar-refractivity contribution >= 4 is 17.4 Å². The lowest BCUT2D eigenvalue weighted by atomic mass is 9.62. The molecule has 0 bridgehead atoms. The van der Waals surface area contributed by atoms with Gasteiger partial charge in [0.25, 0.3) is 0 Å². The predicted octanol–water partition coefficient (Wildman–Crippen LogP) is 6.58. The van der Waals surface area contributed by atoms with Crippen LogP contribution in [0, 0.1) is 16.7 Å². The molecule has 3 aromatic rings. The highest BCUT2D eigenvalue weighted by molar-refractivity contribution is 6.33. The van der Waals surface area contributed by atoms with E-state index in [1.165, 1.54) is 7.11 Å². The van der Waals surface area contributed by atoms with E-state index in [9.17, 15) is 9.90 Å². The fourth-order valence-electron chi connectivity index (χ4n) is 5.27. The van der Waals surface area contributed by atoms with Crippen molar-refractivity contribution in [2.24, 2.45) is 16.7 Å². The van der Waals surface area contributed by atoms with Crippen LogP contribution in [-0.4, -0.2) is 39.6 Å². The van der Waals surface area contributed by atoms with Crippen LogP contribution in [-0.2, 0) is 11.2 Å². The predicted molar refractivity (Wildman–Crippen MR) is 147 cm³/mol. The fourth-order valence-corrected chi connectivity index (χ4v) is 5.47. The highest BCUT2D eigenvalue weighted by Gasteiger charge is 2.42. The standard InChI is InChI=1S/C30H36ClN3O3/c1-29(2,3)22-14-16-30(19-35,17-15-22)25(36)13-11-20-10-12-24(31)23(18-20)27-32-26(33-28(34-27)37-4)21-8-6-5-7-9-21/h5-10,12,18,22,35H,11,13-17,19H2,1-4H3. The average Bonchev–Trinajstić information content (AvgIpc) is 2.92. The maximum atomic E-state index is 13.4. The van der Waals surface area contributed by atoms with Crippen LogP contribution in [0.1, 0.15) is 58.4 Å². The molecule has 0 saturated heterocycles. The van der Waals surface area contributed by atoms with Crippen molar-refractivity contribution in [1.29, 1.82) is 0 Å². The van der Waals surface area contributed by atoms with Gasteiger partial charge in [-0.2, -0.15) is 9.97 Å². The summed E-state index contributed by atoms with van der Waals surface area (Å²) in [5.74, 6) is 1.63. The van der Waals surface area contributed by atoms with Gasteiger partial charge in [-0.15, -0.1) is 0 Å². The van der Waals surface area contributed by atoms with Gasteiger partial charge in [-0.1, -0.05) is 68.8 Å². The lowest BCUT2D eigenvalue weighted by Crippen LogP contribution is -2.41. The third-order valence-corrected chi connectivity index (χ3v) is 8.13. The molecule has 0 atom stereocenters. The number of ether oxygens (including phenoxy) is 1. The first kappa shape index (κ1) is 27.2. The van der Waals surface area contributed by atoms with Gasteiger partial charge in [0.05, 0.1) is 24.2 Å². The Bertz CT molecular complexity index is 1230. The SMILES string of the molecule is COc1nc(-c2ccccc2)nc(-c2cc(CCC(=O)C3(CO)CCC(C(C)(C)C)CC3)ccc2Cl)n1. The van der Waals surface area contributed by atoms with Crippen molar-refractivity contribution in [2.45, 2.75) is 59.3 Å². The van der Waals surface area contributed by atoms with Crippen LogP contribution in [0.3, 0.4) is 0 Å².